The molecule has 0 fully saturated rings. The summed E-state index contributed by atoms with van der Waals surface area (Å²) in [6, 6.07) is 15.3. The summed E-state index contributed by atoms with van der Waals surface area (Å²) in [6.07, 6.45) is 6.05. The second-order valence-corrected chi connectivity index (χ2v) is 10.7. The van der Waals surface area contributed by atoms with E-state index in [4.69, 9.17) is 14.5 Å². The topological polar surface area (TPSA) is 140 Å². The first-order chi connectivity index (χ1) is 22.8. The Morgan fingerprint density at radius 2 is 1.83 bits per heavy atom. The summed E-state index contributed by atoms with van der Waals surface area (Å²) >= 11 is 0. The van der Waals surface area contributed by atoms with Crippen LogP contribution in [0, 0.1) is 5.82 Å². The molecule has 4 aromatic rings. The fraction of sp³-hybridized carbons (Fsp3) is 0.353. The number of nitrogens with zero attached hydrogens (tertiary/aromatic N) is 5. The van der Waals surface area contributed by atoms with Gasteiger partial charge in [-0.3, -0.25) is 14.5 Å². The van der Waals surface area contributed by atoms with Crippen molar-refractivity contribution in [1.82, 2.24) is 20.0 Å². The van der Waals surface area contributed by atoms with Crippen LogP contribution in [-0.2, 0) is 27.9 Å². The van der Waals surface area contributed by atoms with Gasteiger partial charge < -0.3 is 19.4 Å². The highest BCUT2D eigenvalue weighted by atomic mass is 19.1. The Balaban J connectivity index is 1.37. The quantitative estimate of drug-likeness (QED) is 0.0659. The fourth-order valence-electron chi connectivity index (χ4n) is 4.73. The van der Waals surface area contributed by atoms with Crippen LogP contribution in [0.2, 0.25) is 0 Å². The molecular formula is C34H40FN7O5. The second-order valence-electron chi connectivity index (χ2n) is 10.7. The van der Waals surface area contributed by atoms with Crippen LogP contribution < -0.4 is 15.6 Å². The van der Waals surface area contributed by atoms with E-state index in [0.717, 1.165) is 54.5 Å². The van der Waals surface area contributed by atoms with Gasteiger partial charge in [0.1, 0.15) is 17.5 Å². The number of amides is 2. The van der Waals surface area contributed by atoms with E-state index < -0.39 is 23.8 Å². The summed E-state index contributed by atoms with van der Waals surface area (Å²) in [7, 11) is 1.89. The number of fused-ring (bicyclic) bond motifs is 1. The molecule has 2 aromatic heterocycles. The summed E-state index contributed by atoms with van der Waals surface area (Å²) in [5.74, 6) is -0.427. The summed E-state index contributed by atoms with van der Waals surface area (Å²) in [5, 5.41) is 7.29. The molecule has 0 saturated carbocycles. The third-order valence-electron chi connectivity index (χ3n) is 7.26. The number of imidazole rings is 1. The predicted octanol–water partition coefficient (Wildman–Crippen LogP) is 5.96. The molecule has 2 amide bonds. The predicted molar refractivity (Wildman–Crippen MR) is 178 cm³/mol. The number of carbonyl (C=O) groups excluding carboxylic acids is 3. The van der Waals surface area contributed by atoms with Crippen molar-refractivity contribution in [2.24, 2.45) is 12.1 Å². The van der Waals surface area contributed by atoms with E-state index in [1.165, 1.54) is 23.2 Å². The number of ether oxygens (including phenoxy) is 2. The molecule has 0 radical (unpaired) electrons. The number of unbranched alkanes of at least 4 members (excludes halogenated alkanes) is 3. The van der Waals surface area contributed by atoms with Gasteiger partial charge in [0, 0.05) is 24.8 Å². The van der Waals surface area contributed by atoms with Crippen LogP contribution in [0.1, 0.15) is 67.7 Å². The van der Waals surface area contributed by atoms with Crippen molar-refractivity contribution in [3.05, 3.63) is 83.6 Å². The van der Waals surface area contributed by atoms with E-state index in [1.807, 2.05) is 41.9 Å². The summed E-state index contributed by atoms with van der Waals surface area (Å²) in [6.45, 7) is 4.86. The van der Waals surface area contributed by atoms with Gasteiger partial charge in [-0.05, 0) is 61.4 Å². The lowest BCUT2D eigenvalue weighted by Crippen LogP contribution is -2.34. The molecule has 2 N–H and O–H groups in total. The summed E-state index contributed by atoms with van der Waals surface area (Å²) in [5.41, 5.74) is 5.81. The molecule has 12 nitrogen and oxygen atoms in total. The molecule has 0 saturated heterocycles. The number of hydrogen-bond donors (Lipinski definition) is 2. The number of hydrazone groups is 1. The van der Waals surface area contributed by atoms with Crippen LogP contribution in [0.15, 0.2) is 65.9 Å². The largest absolute Gasteiger partial charge is 0.466 e. The van der Waals surface area contributed by atoms with E-state index in [0.29, 0.717) is 24.2 Å². The lowest BCUT2D eigenvalue weighted by Gasteiger charge is -2.21. The SMILES string of the molecule is CCCCCCOC(=O)NN=Cc1ccc(NCc2nc3cc(C(=O)N(CCC(=O)OCC)c4ccc(F)cn4)ccc3n2C)cc1. The van der Waals surface area contributed by atoms with Gasteiger partial charge in [0.15, 0.2) is 0 Å². The smallest absolute Gasteiger partial charge is 0.427 e. The van der Waals surface area contributed by atoms with E-state index in [2.05, 4.69) is 27.8 Å². The Morgan fingerprint density at radius 3 is 2.55 bits per heavy atom. The number of aromatic nitrogens is 3. The van der Waals surface area contributed by atoms with Gasteiger partial charge >= 0.3 is 12.1 Å². The third kappa shape index (κ3) is 10.1. The van der Waals surface area contributed by atoms with Crippen LogP contribution in [0.4, 0.5) is 20.7 Å². The zero-order valence-electron chi connectivity index (χ0n) is 26.9. The first-order valence-corrected chi connectivity index (χ1v) is 15.6. The van der Waals surface area contributed by atoms with E-state index in [9.17, 15) is 18.8 Å². The fourth-order valence-corrected chi connectivity index (χ4v) is 4.73. The van der Waals surface area contributed by atoms with Gasteiger partial charge in [-0.15, -0.1) is 0 Å². The molecule has 47 heavy (non-hydrogen) atoms. The molecule has 0 bridgehead atoms. The van der Waals surface area contributed by atoms with Crippen molar-refractivity contribution in [3.8, 4) is 0 Å². The van der Waals surface area contributed by atoms with Crippen molar-refractivity contribution in [3.63, 3.8) is 0 Å². The molecule has 0 unspecified atom stereocenters. The number of carbonyl (C=O) groups is 3. The first-order valence-electron chi connectivity index (χ1n) is 15.6. The number of benzene rings is 2. The number of aryl methyl sites for hydroxylation is 1. The normalized spacial score (nSPS) is 11.1. The van der Waals surface area contributed by atoms with Crippen LogP contribution in [0.5, 0.6) is 0 Å². The number of halogens is 1. The van der Waals surface area contributed by atoms with Crippen molar-refractivity contribution >= 4 is 46.7 Å². The van der Waals surface area contributed by atoms with Gasteiger partial charge in [-0.25, -0.2) is 24.6 Å². The number of rotatable bonds is 16. The molecule has 0 spiro atoms. The third-order valence-corrected chi connectivity index (χ3v) is 7.26. The number of hydrogen-bond acceptors (Lipinski definition) is 9. The second kappa shape index (κ2) is 17.4. The highest BCUT2D eigenvalue weighted by molar-refractivity contribution is 6.07. The average molecular weight is 646 g/mol. The van der Waals surface area contributed by atoms with Gasteiger partial charge in [-0.1, -0.05) is 38.3 Å². The van der Waals surface area contributed by atoms with Crippen LogP contribution >= 0.6 is 0 Å². The maximum atomic E-state index is 13.6. The maximum Gasteiger partial charge on any atom is 0.427 e. The minimum absolute atomic E-state index is 0.0125. The molecule has 2 heterocycles. The number of nitrogens with one attached hydrogen (secondary N) is 2. The summed E-state index contributed by atoms with van der Waals surface area (Å²) in [4.78, 5) is 47.5. The van der Waals surface area contributed by atoms with Crippen LogP contribution in [0.25, 0.3) is 11.0 Å². The minimum atomic E-state index is -0.578. The Morgan fingerprint density at radius 1 is 1.02 bits per heavy atom. The van der Waals surface area contributed by atoms with Gasteiger partial charge in [-0.2, -0.15) is 5.10 Å². The van der Waals surface area contributed by atoms with Gasteiger partial charge in [0.2, 0.25) is 0 Å². The molecule has 0 aliphatic rings. The molecule has 2 aromatic carbocycles. The Hall–Kier alpha value is -5.33. The Kier molecular flexibility index (Phi) is 12.8. The molecular weight excluding hydrogens is 605 g/mol. The van der Waals surface area contributed by atoms with Crippen molar-refractivity contribution in [1.29, 1.82) is 0 Å². The Bertz CT molecular complexity index is 1670. The van der Waals surface area contributed by atoms with Gasteiger partial charge in [0.05, 0.1) is 49.6 Å². The molecule has 0 atom stereocenters. The molecule has 0 aliphatic carbocycles. The van der Waals surface area contributed by atoms with Crippen molar-refractivity contribution in [2.75, 3.05) is 30.0 Å². The van der Waals surface area contributed by atoms with Crippen LogP contribution in [-0.4, -0.2) is 58.5 Å². The highest BCUT2D eigenvalue weighted by Crippen LogP contribution is 2.22. The molecule has 0 aliphatic heterocycles. The van der Waals surface area contributed by atoms with Gasteiger partial charge in [0.25, 0.3) is 5.91 Å². The summed E-state index contributed by atoms with van der Waals surface area (Å²) < 4.78 is 25.6. The minimum Gasteiger partial charge on any atom is -0.466 e. The van der Waals surface area contributed by atoms with Crippen molar-refractivity contribution in [2.45, 2.75) is 52.5 Å². The average Bonchev–Trinajstić information content (AvgIpc) is 3.39. The number of pyridine rings is 1. The van der Waals surface area contributed by atoms with E-state index >= 15 is 0 Å². The van der Waals surface area contributed by atoms with Crippen LogP contribution in [0.3, 0.4) is 0 Å². The van der Waals surface area contributed by atoms with E-state index in [1.54, 1.807) is 19.1 Å². The van der Waals surface area contributed by atoms with Crippen molar-refractivity contribution < 1.29 is 28.2 Å². The lowest BCUT2D eigenvalue weighted by molar-refractivity contribution is -0.142. The molecule has 13 heteroatoms. The molecule has 4 rings (SSSR count). The standard InChI is InChI=1S/C34H40FN7O5/c1-4-6-7-8-19-47-34(45)40-38-21-24-9-13-27(14-10-24)36-23-31-39-28-20-25(11-15-29(28)41(31)3)33(44)42(18-17-32(43)46-5-2)30-16-12-26(35)22-37-30/h9-16,20-22,36H,4-8,17-19,23H2,1-3H3,(H,40,45). The maximum absolute atomic E-state index is 13.6. The number of esters is 1. The lowest BCUT2D eigenvalue weighted by atomic mass is 10.1. The zero-order chi connectivity index (χ0) is 33.6. The van der Waals surface area contributed by atoms with E-state index in [-0.39, 0.29) is 25.4 Å². The Labute approximate surface area is 273 Å². The zero-order valence-corrected chi connectivity index (χ0v) is 26.9. The monoisotopic (exact) mass is 645 g/mol. The molecule has 248 valence electrons. The number of anilines is 2. The highest BCUT2D eigenvalue weighted by Gasteiger charge is 2.22. The first kappa shape index (κ1) is 34.5.